The average Bonchev–Trinajstić information content (AvgIpc) is 3.09. The third kappa shape index (κ3) is 3.68. The van der Waals surface area contributed by atoms with Gasteiger partial charge in [-0.1, -0.05) is 12.1 Å². The molecule has 28 heavy (non-hydrogen) atoms. The number of amides is 1. The fourth-order valence-electron chi connectivity index (χ4n) is 3.44. The zero-order chi connectivity index (χ0) is 19.5. The number of thioether (sulfide) groups is 1. The molecule has 1 aliphatic carbocycles. The number of carbonyl (C=O) groups excluding carboxylic acids is 1. The number of hydrogen-bond donors (Lipinski definition) is 1. The quantitative estimate of drug-likeness (QED) is 0.650. The Kier molecular flexibility index (Phi) is 5.46. The molecule has 2 aromatic heterocycles. The Morgan fingerprint density at radius 2 is 2.14 bits per heavy atom. The number of para-hydroxylation sites is 1. The van der Waals surface area contributed by atoms with Crippen molar-refractivity contribution in [2.45, 2.75) is 37.1 Å². The highest BCUT2D eigenvalue weighted by Gasteiger charge is 2.20. The largest absolute Gasteiger partial charge is 0.324 e. The van der Waals surface area contributed by atoms with E-state index in [0.717, 1.165) is 41.0 Å². The molecule has 1 aliphatic rings. The summed E-state index contributed by atoms with van der Waals surface area (Å²) in [5.74, 6) is 0.00767. The fourth-order valence-corrected chi connectivity index (χ4v) is 5.33. The third-order valence-corrected chi connectivity index (χ3v) is 6.85. The smallest absolute Gasteiger partial charge is 0.262 e. The number of fused-ring (bicyclic) bond motifs is 3. The maximum Gasteiger partial charge on any atom is 0.262 e. The minimum atomic E-state index is -0.294. The van der Waals surface area contributed by atoms with Crippen LogP contribution in [0.2, 0.25) is 0 Å². The SMILES string of the molecule is N#CCSc1ccccc1NC(=O)Cn1cnc2sc3c(c2c1=O)CCCC3. The number of nitrogens with zero attached hydrogens (tertiary/aromatic N) is 3. The summed E-state index contributed by atoms with van der Waals surface area (Å²) in [4.78, 5) is 32.8. The predicted octanol–water partition coefficient (Wildman–Crippen LogP) is 3.59. The number of hydrogen-bond acceptors (Lipinski definition) is 6. The van der Waals surface area contributed by atoms with Crippen molar-refractivity contribution in [3.05, 3.63) is 51.4 Å². The van der Waals surface area contributed by atoms with E-state index in [-0.39, 0.29) is 18.0 Å². The average molecular weight is 411 g/mol. The first kappa shape index (κ1) is 18.7. The van der Waals surface area contributed by atoms with Crippen LogP contribution < -0.4 is 10.9 Å². The molecule has 0 fully saturated rings. The van der Waals surface area contributed by atoms with Gasteiger partial charge in [0, 0.05) is 9.77 Å². The molecule has 0 atom stereocenters. The van der Waals surface area contributed by atoms with E-state index < -0.39 is 0 Å². The highest BCUT2D eigenvalue weighted by molar-refractivity contribution is 7.99. The van der Waals surface area contributed by atoms with Gasteiger partial charge in [0.2, 0.25) is 5.91 Å². The third-order valence-electron chi connectivity index (χ3n) is 4.71. The van der Waals surface area contributed by atoms with Crippen LogP contribution >= 0.6 is 23.1 Å². The zero-order valence-electron chi connectivity index (χ0n) is 15.1. The summed E-state index contributed by atoms with van der Waals surface area (Å²) in [7, 11) is 0. The lowest BCUT2D eigenvalue weighted by Gasteiger charge is -2.11. The lowest BCUT2D eigenvalue weighted by molar-refractivity contribution is -0.116. The van der Waals surface area contributed by atoms with Gasteiger partial charge in [0.1, 0.15) is 11.4 Å². The number of nitrogens with one attached hydrogen (secondary N) is 1. The van der Waals surface area contributed by atoms with E-state index in [0.29, 0.717) is 16.8 Å². The first-order valence-corrected chi connectivity index (χ1v) is 10.9. The molecule has 0 bridgehead atoms. The van der Waals surface area contributed by atoms with Crippen molar-refractivity contribution in [1.82, 2.24) is 9.55 Å². The Bertz CT molecular complexity index is 1140. The summed E-state index contributed by atoms with van der Waals surface area (Å²) in [6, 6.07) is 9.41. The number of benzene rings is 1. The number of rotatable bonds is 5. The first-order valence-electron chi connectivity index (χ1n) is 9.05. The normalized spacial score (nSPS) is 13.1. The van der Waals surface area contributed by atoms with Crippen molar-refractivity contribution in [2.24, 2.45) is 0 Å². The number of aromatic nitrogens is 2. The molecule has 4 rings (SSSR count). The lowest BCUT2D eigenvalue weighted by atomic mass is 9.97. The Labute approximate surface area is 170 Å². The van der Waals surface area contributed by atoms with Crippen LogP contribution in [0.5, 0.6) is 0 Å². The van der Waals surface area contributed by atoms with Gasteiger partial charge in [0.25, 0.3) is 5.56 Å². The van der Waals surface area contributed by atoms with E-state index in [9.17, 15) is 9.59 Å². The van der Waals surface area contributed by atoms with Crippen LogP contribution in [0.4, 0.5) is 5.69 Å². The van der Waals surface area contributed by atoms with Crippen LogP contribution in [0, 0.1) is 11.3 Å². The molecule has 3 aromatic rings. The minimum Gasteiger partial charge on any atom is -0.324 e. The summed E-state index contributed by atoms with van der Waals surface area (Å²) in [6.45, 7) is -0.0936. The summed E-state index contributed by atoms with van der Waals surface area (Å²) in [6.07, 6.45) is 5.62. The number of nitriles is 1. The molecule has 1 N–H and O–H groups in total. The number of carbonyl (C=O) groups is 1. The first-order chi connectivity index (χ1) is 13.7. The fraction of sp³-hybridized carbons (Fsp3) is 0.300. The van der Waals surface area contributed by atoms with E-state index in [1.54, 1.807) is 17.4 Å². The molecule has 2 heterocycles. The standard InChI is InChI=1S/C20H18N4O2S2/c21-9-10-27-16-8-4-2-6-14(16)23-17(25)11-24-12-22-19-18(20(24)26)13-5-1-3-7-15(13)28-19/h2,4,6,8,12H,1,3,5,7,10-11H2,(H,23,25). The number of aryl methyl sites for hydroxylation is 2. The molecule has 0 aliphatic heterocycles. The van der Waals surface area contributed by atoms with Crippen molar-refractivity contribution in [3.8, 4) is 6.07 Å². The van der Waals surface area contributed by atoms with Gasteiger partial charge in [-0.2, -0.15) is 5.26 Å². The number of anilines is 1. The summed E-state index contributed by atoms with van der Waals surface area (Å²) < 4.78 is 1.38. The van der Waals surface area contributed by atoms with Gasteiger partial charge in [0.05, 0.1) is 29.2 Å². The van der Waals surface area contributed by atoms with Crippen molar-refractivity contribution in [1.29, 1.82) is 5.26 Å². The Balaban J connectivity index is 1.57. The molecule has 6 nitrogen and oxygen atoms in total. The molecule has 0 unspecified atom stereocenters. The highest BCUT2D eigenvalue weighted by Crippen LogP contribution is 2.33. The second-order valence-corrected chi connectivity index (χ2v) is 8.66. The van der Waals surface area contributed by atoms with Crippen LogP contribution in [0.15, 0.2) is 40.3 Å². The number of thiophene rings is 1. The molecule has 1 amide bonds. The van der Waals surface area contributed by atoms with Crippen LogP contribution in [0.1, 0.15) is 23.3 Å². The summed E-state index contributed by atoms with van der Waals surface area (Å²) >= 11 is 2.96. The Morgan fingerprint density at radius 3 is 3.00 bits per heavy atom. The zero-order valence-corrected chi connectivity index (χ0v) is 16.7. The van der Waals surface area contributed by atoms with Gasteiger partial charge in [-0.15, -0.1) is 23.1 Å². The topological polar surface area (TPSA) is 87.8 Å². The van der Waals surface area contributed by atoms with E-state index in [1.807, 2.05) is 18.2 Å². The summed E-state index contributed by atoms with van der Waals surface area (Å²) in [5.41, 5.74) is 1.62. The van der Waals surface area contributed by atoms with Gasteiger partial charge in [0.15, 0.2) is 0 Å². The Hall–Kier alpha value is -2.63. The van der Waals surface area contributed by atoms with Crippen LogP contribution in [0.3, 0.4) is 0 Å². The van der Waals surface area contributed by atoms with Crippen molar-refractivity contribution in [3.63, 3.8) is 0 Å². The molecule has 8 heteroatoms. The van der Waals surface area contributed by atoms with E-state index >= 15 is 0 Å². The maximum atomic E-state index is 13.0. The molecule has 0 spiro atoms. The van der Waals surface area contributed by atoms with Crippen LogP contribution in [-0.2, 0) is 24.2 Å². The van der Waals surface area contributed by atoms with Crippen molar-refractivity contribution < 1.29 is 4.79 Å². The highest BCUT2D eigenvalue weighted by atomic mass is 32.2. The van der Waals surface area contributed by atoms with Gasteiger partial charge >= 0.3 is 0 Å². The van der Waals surface area contributed by atoms with E-state index in [2.05, 4.69) is 16.4 Å². The van der Waals surface area contributed by atoms with Crippen molar-refractivity contribution in [2.75, 3.05) is 11.1 Å². The summed E-state index contributed by atoms with van der Waals surface area (Å²) in [5, 5.41) is 12.3. The van der Waals surface area contributed by atoms with Gasteiger partial charge in [-0.3, -0.25) is 14.2 Å². The molecule has 142 valence electrons. The van der Waals surface area contributed by atoms with E-state index in [1.165, 1.54) is 27.5 Å². The molecule has 1 aromatic carbocycles. The molecule has 0 saturated carbocycles. The predicted molar refractivity (Wildman–Crippen MR) is 112 cm³/mol. The van der Waals surface area contributed by atoms with Gasteiger partial charge in [-0.05, 0) is 43.4 Å². The molecular weight excluding hydrogens is 392 g/mol. The van der Waals surface area contributed by atoms with Crippen LogP contribution in [0.25, 0.3) is 10.2 Å². The lowest BCUT2D eigenvalue weighted by Crippen LogP contribution is -2.28. The minimum absolute atomic E-state index is 0.0936. The monoisotopic (exact) mass is 410 g/mol. The maximum absolute atomic E-state index is 13.0. The Morgan fingerprint density at radius 1 is 1.32 bits per heavy atom. The molecule has 0 saturated heterocycles. The van der Waals surface area contributed by atoms with Gasteiger partial charge in [-0.25, -0.2) is 4.98 Å². The van der Waals surface area contributed by atoms with Gasteiger partial charge < -0.3 is 5.32 Å². The second kappa shape index (κ2) is 8.17. The molecular formula is C20H18N4O2S2. The van der Waals surface area contributed by atoms with E-state index in [4.69, 9.17) is 5.26 Å². The van der Waals surface area contributed by atoms with Crippen LogP contribution in [-0.4, -0.2) is 21.2 Å². The molecule has 0 radical (unpaired) electrons. The second-order valence-electron chi connectivity index (χ2n) is 6.56. The van der Waals surface area contributed by atoms with Crippen molar-refractivity contribution >= 4 is 44.9 Å².